The summed E-state index contributed by atoms with van der Waals surface area (Å²) in [7, 11) is 0. The van der Waals surface area contributed by atoms with Gasteiger partial charge < -0.3 is 10.1 Å². The van der Waals surface area contributed by atoms with Crippen LogP contribution >= 0.6 is 11.6 Å². The number of carbonyl (C=O) groups excluding carboxylic acids is 1. The van der Waals surface area contributed by atoms with E-state index in [-0.39, 0.29) is 12.5 Å². The van der Waals surface area contributed by atoms with E-state index < -0.39 is 0 Å². The largest absolute Gasteiger partial charge is 0.468 e. The summed E-state index contributed by atoms with van der Waals surface area (Å²) in [6.45, 7) is -0.0837. The standard InChI is InChI=1S/C13H11ClN2O2/c14-10-4-6-11(7-5-10)16-12(17)9-18-13-3-1-2-8-15-13/h1-8H,9H2,(H,16,17). The Morgan fingerprint density at radius 1 is 1.22 bits per heavy atom. The van der Waals surface area contributed by atoms with Crippen molar-refractivity contribution in [2.75, 3.05) is 11.9 Å². The van der Waals surface area contributed by atoms with E-state index >= 15 is 0 Å². The van der Waals surface area contributed by atoms with Gasteiger partial charge >= 0.3 is 0 Å². The van der Waals surface area contributed by atoms with E-state index in [1.165, 1.54) is 0 Å². The molecule has 0 unspecified atom stereocenters. The van der Waals surface area contributed by atoms with Gasteiger partial charge in [-0.25, -0.2) is 4.98 Å². The molecule has 1 aromatic heterocycles. The summed E-state index contributed by atoms with van der Waals surface area (Å²) in [5.41, 5.74) is 0.675. The van der Waals surface area contributed by atoms with Crippen molar-refractivity contribution >= 4 is 23.2 Å². The molecule has 1 aromatic carbocycles. The van der Waals surface area contributed by atoms with Crippen LogP contribution in [0.25, 0.3) is 0 Å². The van der Waals surface area contributed by atoms with E-state index in [0.717, 1.165) is 0 Å². The minimum Gasteiger partial charge on any atom is -0.468 e. The third kappa shape index (κ3) is 3.75. The molecule has 0 aliphatic carbocycles. The Hall–Kier alpha value is -2.07. The summed E-state index contributed by atoms with van der Waals surface area (Å²) in [6, 6.07) is 12.1. The third-order valence-electron chi connectivity index (χ3n) is 2.12. The van der Waals surface area contributed by atoms with Crippen LogP contribution in [0.2, 0.25) is 5.02 Å². The third-order valence-corrected chi connectivity index (χ3v) is 2.37. The van der Waals surface area contributed by atoms with Gasteiger partial charge in [0.25, 0.3) is 5.91 Å². The first-order chi connectivity index (χ1) is 8.74. The topological polar surface area (TPSA) is 51.2 Å². The average Bonchev–Trinajstić information content (AvgIpc) is 2.40. The zero-order valence-corrected chi connectivity index (χ0v) is 10.2. The molecular formula is C13H11ClN2O2. The number of pyridine rings is 1. The fraction of sp³-hybridized carbons (Fsp3) is 0.0769. The Labute approximate surface area is 110 Å². The second kappa shape index (κ2) is 6.02. The van der Waals surface area contributed by atoms with Crippen molar-refractivity contribution in [3.05, 3.63) is 53.7 Å². The van der Waals surface area contributed by atoms with Crippen molar-refractivity contribution in [1.29, 1.82) is 0 Å². The summed E-state index contributed by atoms with van der Waals surface area (Å²) in [4.78, 5) is 15.5. The number of carbonyl (C=O) groups is 1. The van der Waals surface area contributed by atoms with Gasteiger partial charge in [0.15, 0.2) is 6.61 Å². The van der Waals surface area contributed by atoms with E-state index in [4.69, 9.17) is 16.3 Å². The van der Waals surface area contributed by atoms with Crippen molar-refractivity contribution in [3.63, 3.8) is 0 Å². The molecule has 2 rings (SSSR count). The van der Waals surface area contributed by atoms with Crippen molar-refractivity contribution in [2.45, 2.75) is 0 Å². The van der Waals surface area contributed by atoms with Crippen molar-refractivity contribution < 1.29 is 9.53 Å². The molecule has 1 amide bonds. The molecule has 0 aliphatic heterocycles. The fourth-order valence-corrected chi connectivity index (χ4v) is 1.43. The molecule has 0 aliphatic rings. The van der Waals surface area contributed by atoms with Crippen LogP contribution in [-0.4, -0.2) is 17.5 Å². The number of nitrogens with one attached hydrogen (secondary N) is 1. The van der Waals surface area contributed by atoms with Gasteiger partial charge in [0.05, 0.1) is 0 Å². The predicted octanol–water partition coefficient (Wildman–Crippen LogP) is 2.75. The van der Waals surface area contributed by atoms with Crippen LogP contribution in [0.5, 0.6) is 5.88 Å². The van der Waals surface area contributed by atoms with Gasteiger partial charge in [-0.15, -0.1) is 0 Å². The lowest BCUT2D eigenvalue weighted by Crippen LogP contribution is -2.20. The minimum absolute atomic E-state index is 0.0837. The number of nitrogens with zero attached hydrogens (tertiary/aromatic N) is 1. The Morgan fingerprint density at radius 2 is 2.00 bits per heavy atom. The molecule has 92 valence electrons. The first-order valence-corrected chi connectivity index (χ1v) is 5.71. The van der Waals surface area contributed by atoms with E-state index in [0.29, 0.717) is 16.6 Å². The number of ether oxygens (including phenoxy) is 1. The average molecular weight is 263 g/mol. The highest BCUT2D eigenvalue weighted by Crippen LogP contribution is 2.13. The van der Waals surface area contributed by atoms with Crippen LogP contribution in [0.4, 0.5) is 5.69 Å². The highest BCUT2D eigenvalue weighted by molar-refractivity contribution is 6.30. The highest BCUT2D eigenvalue weighted by Gasteiger charge is 2.03. The van der Waals surface area contributed by atoms with Crippen LogP contribution < -0.4 is 10.1 Å². The van der Waals surface area contributed by atoms with Crippen LogP contribution in [-0.2, 0) is 4.79 Å². The maximum Gasteiger partial charge on any atom is 0.262 e. The van der Waals surface area contributed by atoms with E-state index in [2.05, 4.69) is 10.3 Å². The number of aromatic nitrogens is 1. The normalized spacial score (nSPS) is 9.83. The lowest BCUT2D eigenvalue weighted by Gasteiger charge is -2.06. The quantitative estimate of drug-likeness (QED) is 0.922. The van der Waals surface area contributed by atoms with Gasteiger partial charge in [-0.2, -0.15) is 0 Å². The van der Waals surface area contributed by atoms with Gasteiger partial charge in [0.1, 0.15) is 0 Å². The Balaban J connectivity index is 1.84. The van der Waals surface area contributed by atoms with E-state index in [1.54, 1.807) is 48.7 Å². The molecule has 0 saturated carbocycles. The molecule has 1 heterocycles. The van der Waals surface area contributed by atoms with Crippen molar-refractivity contribution in [1.82, 2.24) is 4.98 Å². The maximum atomic E-state index is 11.6. The van der Waals surface area contributed by atoms with Gasteiger partial charge in [0, 0.05) is 23.0 Å². The number of rotatable bonds is 4. The number of hydrogen-bond acceptors (Lipinski definition) is 3. The molecule has 0 spiro atoms. The first kappa shape index (κ1) is 12.4. The zero-order chi connectivity index (χ0) is 12.8. The molecule has 0 bridgehead atoms. The number of halogens is 1. The fourth-order valence-electron chi connectivity index (χ4n) is 1.30. The van der Waals surface area contributed by atoms with Crippen LogP contribution in [0.1, 0.15) is 0 Å². The van der Waals surface area contributed by atoms with Crippen LogP contribution in [0, 0.1) is 0 Å². The number of anilines is 1. The predicted molar refractivity (Wildman–Crippen MR) is 69.8 cm³/mol. The molecule has 0 radical (unpaired) electrons. The molecular weight excluding hydrogens is 252 g/mol. The molecule has 4 nitrogen and oxygen atoms in total. The number of benzene rings is 1. The Kier molecular flexibility index (Phi) is 4.15. The summed E-state index contributed by atoms with van der Waals surface area (Å²) in [6.07, 6.45) is 1.60. The minimum atomic E-state index is -0.247. The lowest BCUT2D eigenvalue weighted by molar-refractivity contribution is -0.118. The number of hydrogen-bond donors (Lipinski definition) is 1. The Morgan fingerprint density at radius 3 is 2.67 bits per heavy atom. The first-order valence-electron chi connectivity index (χ1n) is 5.33. The SMILES string of the molecule is O=C(COc1ccccn1)Nc1ccc(Cl)cc1. The summed E-state index contributed by atoms with van der Waals surface area (Å²) < 4.78 is 5.21. The number of amides is 1. The van der Waals surface area contributed by atoms with Gasteiger partial charge in [0.2, 0.25) is 5.88 Å². The molecule has 5 heteroatoms. The summed E-state index contributed by atoms with van der Waals surface area (Å²) >= 11 is 5.74. The zero-order valence-electron chi connectivity index (χ0n) is 9.47. The molecule has 0 atom stereocenters. The molecule has 0 saturated heterocycles. The lowest BCUT2D eigenvalue weighted by atomic mass is 10.3. The van der Waals surface area contributed by atoms with Crippen molar-refractivity contribution in [2.24, 2.45) is 0 Å². The molecule has 2 aromatic rings. The second-order valence-corrected chi connectivity index (χ2v) is 3.95. The van der Waals surface area contributed by atoms with Crippen LogP contribution in [0.15, 0.2) is 48.7 Å². The van der Waals surface area contributed by atoms with Gasteiger partial charge in [-0.05, 0) is 30.3 Å². The smallest absolute Gasteiger partial charge is 0.262 e. The van der Waals surface area contributed by atoms with Crippen LogP contribution in [0.3, 0.4) is 0 Å². The van der Waals surface area contributed by atoms with E-state index in [1.807, 2.05) is 0 Å². The maximum absolute atomic E-state index is 11.6. The van der Waals surface area contributed by atoms with Gasteiger partial charge in [-0.1, -0.05) is 17.7 Å². The van der Waals surface area contributed by atoms with Gasteiger partial charge in [-0.3, -0.25) is 4.79 Å². The molecule has 0 fully saturated rings. The highest BCUT2D eigenvalue weighted by atomic mass is 35.5. The monoisotopic (exact) mass is 262 g/mol. The molecule has 18 heavy (non-hydrogen) atoms. The Bertz CT molecular complexity index is 514. The summed E-state index contributed by atoms with van der Waals surface area (Å²) in [5, 5.41) is 3.31. The second-order valence-electron chi connectivity index (χ2n) is 3.51. The van der Waals surface area contributed by atoms with Crippen molar-refractivity contribution in [3.8, 4) is 5.88 Å². The summed E-state index contributed by atoms with van der Waals surface area (Å²) in [5.74, 6) is 0.173. The van der Waals surface area contributed by atoms with E-state index in [9.17, 15) is 4.79 Å². The molecule has 1 N–H and O–H groups in total.